The van der Waals surface area contributed by atoms with E-state index in [1.54, 1.807) is 26.0 Å². The zero-order chi connectivity index (χ0) is 30.1. The third kappa shape index (κ3) is 7.09. The standard InChI is InChI=1S/C33H39N3O6/c1-32(2,3)24-7-6-8-25(17-24)35-30(37)22-10-9-21-11-12-26(16-23(21)15-22)41-27-13-14-34-29(18-27)36(31(38)39)19-28-20-40-33(4,5)42-28/h6-8,11-14,16-18,22,28H,9-10,15,19-20H2,1-5H3,(H,35,37)(H,38,39)/t22?,28-/m1/s1. The second-order valence-electron chi connectivity index (χ2n) is 12.5. The van der Waals surface area contributed by atoms with Gasteiger partial charge in [-0.25, -0.2) is 9.78 Å². The summed E-state index contributed by atoms with van der Waals surface area (Å²) >= 11 is 0. The Kier molecular flexibility index (Phi) is 8.25. The molecule has 0 bridgehead atoms. The van der Waals surface area contributed by atoms with Crippen molar-refractivity contribution in [3.05, 3.63) is 77.5 Å². The average Bonchev–Trinajstić information content (AvgIpc) is 3.29. The van der Waals surface area contributed by atoms with Crippen LogP contribution in [0.2, 0.25) is 0 Å². The molecule has 2 amide bonds. The Labute approximate surface area is 246 Å². The van der Waals surface area contributed by atoms with Gasteiger partial charge >= 0.3 is 6.09 Å². The van der Waals surface area contributed by atoms with Gasteiger partial charge < -0.3 is 24.6 Å². The van der Waals surface area contributed by atoms with Crippen LogP contribution in [0.25, 0.3) is 0 Å². The molecule has 2 aliphatic rings. The van der Waals surface area contributed by atoms with Gasteiger partial charge in [0.1, 0.15) is 23.4 Å². The molecule has 1 unspecified atom stereocenters. The first kappa shape index (κ1) is 29.5. The fourth-order valence-electron chi connectivity index (χ4n) is 5.40. The van der Waals surface area contributed by atoms with Crippen LogP contribution in [-0.4, -0.2) is 47.1 Å². The lowest BCUT2D eigenvalue weighted by Crippen LogP contribution is -2.38. The van der Waals surface area contributed by atoms with Crippen LogP contribution in [0.4, 0.5) is 16.3 Å². The number of rotatable bonds is 7. The number of hydrogen-bond donors (Lipinski definition) is 2. The minimum atomic E-state index is -1.14. The predicted molar refractivity (Wildman–Crippen MR) is 160 cm³/mol. The van der Waals surface area contributed by atoms with Crippen molar-refractivity contribution in [1.29, 1.82) is 0 Å². The summed E-state index contributed by atoms with van der Waals surface area (Å²) < 4.78 is 17.5. The van der Waals surface area contributed by atoms with E-state index in [9.17, 15) is 14.7 Å². The van der Waals surface area contributed by atoms with Gasteiger partial charge in [0.15, 0.2) is 5.79 Å². The number of hydrogen-bond acceptors (Lipinski definition) is 6. The van der Waals surface area contributed by atoms with E-state index in [0.29, 0.717) is 24.5 Å². The Hall–Kier alpha value is -3.95. The highest BCUT2D eigenvalue weighted by Gasteiger charge is 2.35. The van der Waals surface area contributed by atoms with Gasteiger partial charge in [-0.2, -0.15) is 0 Å². The third-order valence-corrected chi connectivity index (χ3v) is 7.69. The smallest absolute Gasteiger partial charge is 0.413 e. The first-order chi connectivity index (χ1) is 19.9. The molecule has 1 aliphatic heterocycles. The summed E-state index contributed by atoms with van der Waals surface area (Å²) in [4.78, 5) is 30.7. The van der Waals surface area contributed by atoms with E-state index in [1.807, 2.05) is 36.4 Å². The average molecular weight is 574 g/mol. The number of amides is 2. The Balaban J connectivity index is 1.26. The van der Waals surface area contributed by atoms with Crippen molar-refractivity contribution >= 4 is 23.5 Å². The normalized spacial score (nSPS) is 19.5. The molecule has 0 spiro atoms. The quantitative estimate of drug-likeness (QED) is 0.330. The molecular formula is C33H39N3O6. The number of nitrogens with zero attached hydrogens (tertiary/aromatic N) is 2. The maximum absolute atomic E-state index is 13.2. The molecule has 2 aromatic carbocycles. The summed E-state index contributed by atoms with van der Waals surface area (Å²) in [6.45, 7) is 10.4. The van der Waals surface area contributed by atoms with E-state index in [2.05, 4.69) is 37.1 Å². The molecular weight excluding hydrogens is 534 g/mol. The van der Waals surface area contributed by atoms with Crippen molar-refractivity contribution < 1.29 is 28.9 Å². The number of fused-ring (bicyclic) bond motifs is 1. The number of nitrogens with one attached hydrogen (secondary N) is 1. The number of anilines is 2. The molecule has 9 nitrogen and oxygen atoms in total. The minimum absolute atomic E-state index is 0.00105. The number of aryl methyl sites for hydroxylation is 1. The fraction of sp³-hybridized carbons (Fsp3) is 0.424. The van der Waals surface area contributed by atoms with Gasteiger partial charge in [0.2, 0.25) is 5.91 Å². The highest BCUT2D eigenvalue weighted by Crippen LogP contribution is 2.33. The number of carboxylic acid groups (broad SMARTS) is 1. The zero-order valence-electron chi connectivity index (χ0n) is 24.8. The van der Waals surface area contributed by atoms with E-state index in [4.69, 9.17) is 14.2 Å². The Morgan fingerprint density at radius 2 is 1.88 bits per heavy atom. The Morgan fingerprint density at radius 1 is 1.10 bits per heavy atom. The molecule has 0 saturated carbocycles. The van der Waals surface area contributed by atoms with Crippen molar-refractivity contribution in [2.75, 3.05) is 23.4 Å². The van der Waals surface area contributed by atoms with Crippen LogP contribution in [0, 0.1) is 5.92 Å². The van der Waals surface area contributed by atoms with Gasteiger partial charge in [-0.1, -0.05) is 39.0 Å². The predicted octanol–water partition coefficient (Wildman–Crippen LogP) is 6.55. The number of ether oxygens (including phenoxy) is 3. The summed E-state index contributed by atoms with van der Waals surface area (Å²) in [5, 5.41) is 13.0. The van der Waals surface area contributed by atoms with E-state index < -0.39 is 18.0 Å². The molecule has 222 valence electrons. The van der Waals surface area contributed by atoms with Crippen LogP contribution in [0.1, 0.15) is 57.7 Å². The van der Waals surface area contributed by atoms with Crippen LogP contribution >= 0.6 is 0 Å². The summed E-state index contributed by atoms with van der Waals surface area (Å²) in [6.07, 6.45) is 2.18. The number of pyridine rings is 1. The van der Waals surface area contributed by atoms with E-state index in [-0.39, 0.29) is 29.6 Å². The molecule has 5 rings (SSSR count). The number of aromatic nitrogens is 1. The third-order valence-electron chi connectivity index (χ3n) is 7.69. The SMILES string of the molecule is CC1(C)OC[C@@H](CN(C(=O)O)c2cc(Oc3ccc4c(c3)CC(C(=O)Nc3cccc(C(C)(C)C)c3)CC4)ccn2)O1. The van der Waals surface area contributed by atoms with Gasteiger partial charge in [-0.05, 0) is 85.5 Å². The Bertz CT molecular complexity index is 1460. The summed E-state index contributed by atoms with van der Waals surface area (Å²) in [6, 6.07) is 17.2. The molecule has 9 heteroatoms. The van der Waals surface area contributed by atoms with Crippen molar-refractivity contribution in [2.45, 2.75) is 71.2 Å². The van der Waals surface area contributed by atoms with Crippen molar-refractivity contribution in [1.82, 2.24) is 4.98 Å². The molecule has 0 radical (unpaired) electrons. The lowest BCUT2D eigenvalue weighted by atomic mass is 9.83. The second kappa shape index (κ2) is 11.7. The van der Waals surface area contributed by atoms with Gasteiger partial charge in [-0.3, -0.25) is 9.69 Å². The molecule has 1 fully saturated rings. The maximum Gasteiger partial charge on any atom is 0.413 e. The number of carbonyl (C=O) groups is 2. The molecule has 2 atom stereocenters. The topological polar surface area (TPSA) is 110 Å². The van der Waals surface area contributed by atoms with Crippen LogP contribution in [-0.2, 0) is 32.5 Å². The van der Waals surface area contributed by atoms with Gasteiger partial charge in [0.05, 0.1) is 13.2 Å². The zero-order valence-corrected chi connectivity index (χ0v) is 24.8. The van der Waals surface area contributed by atoms with Gasteiger partial charge in [0, 0.05) is 23.9 Å². The van der Waals surface area contributed by atoms with Crippen LogP contribution in [0.15, 0.2) is 60.8 Å². The second-order valence-corrected chi connectivity index (χ2v) is 12.5. The summed E-state index contributed by atoms with van der Waals surface area (Å²) in [7, 11) is 0. The van der Waals surface area contributed by atoms with Crippen molar-refractivity contribution in [3.8, 4) is 11.5 Å². The monoisotopic (exact) mass is 573 g/mol. The van der Waals surface area contributed by atoms with Gasteiger partial charge in [-0.15, -0.1) is 0 Å². The highest BCUT2D eigenvalue weighted by molar-refractivity contribution is 5.93. The fourth-order valence-corrected chi connectivity index (χ4v) is 5.40. The highest BCUT2D eigenvalue weighted by atomic mass is 16.7. The summed E-state index contributed by atoms with van der Waals surface area (Å²) in [5.41, 5.74) is 4.26. The molecule has 2 N–H and O–H groups in total. The van der Waals surface area contributed by atoms with Crippen molar-refractivity contribution in [2.24, 2.45) is 5.92 Å². The van der Waals surface area contributed by atoms with Crippen LogP contribution in [0.5, 0.6) is 11.5 Å². The Morgan fingerprint density at radius 3 is 2.60 bits per heavy atom. The first-order valence-corrected chi connectivity index (χ1v) is 14.4. The van der Waals surface area contributed by atoms with E-state index >= 15 is 0 Å². The van der Waals surface area contributed by atoms with E-state index in [0.717, 1.165) is 29.0 Å². The molecule has 3 aromatic rings. The van der Waals surface area contributed by atoms with E-state index in [1.165, 1.54) is 17.3 Å². The summed E-state index contributed by atoms with van der Waals surface area (Å²) in [5.74, 6) is 0.426. The first-order valence-electron chi connectivity index (χ1n) is 14.4. The largest absolute Gasteiger partial charge is 0.465 e. The maximum atomic E-state index is 13.2. The minimum Gasteiger partial charge on any atom is -0.465 e. The lowest BCUT2D eigenvalue weighted by Gasteiger charge is -2.25. The van der Waals surface area contributed by atoms with Gasteiger partial charge in [0.25, 0.3) is 0 Å². The van der Waals surface area contributed by atoms with Crippen molar-refractivity contribution in [3.63, 3.8) is 0 Å². The van der Waals surface area contributed by atoms with Crippen LogP contribution in [0.3, 0.4) is 0 Å². The number of benzene rings is 2. The lowest BCUT2D eigenvalue weighted by molar-refractivity contribution is -0.137. The van der Waals surface area contributed by atoms with Crippen LogP contribution < -0.4 is 15.0 Å². The molecule has 1 aromatic heterocycles. The number of carbonyl (C=O) groups excluding carboxylic acids is 1. The molecule has 42 heavy (non-hydrogen) atoms. The molecule has 2 heterocycles. The molecule has 1 aliphatic carbocycles. The molecule has 1 saturated heterocycles.